The van der Waals surface area contributed by atoms with E-state index in [0.717, 1.165) is 25.9 Å². The number of hydrogen-bond donors (Lipinski definition) is 1. The van der Waals surface area contributed by atoms with E-state index in [2.05, 4.69) is 16.9 Å². The van der Waals surface area contributed by atoms with Crippen molar-refractivity contribution in [3.63, 3.8) is 0 Å². The van der Waals surface area contributed by atoms with Gasteiger partial charge in [0.25, 0.3) is 5.91 Å². The van der Waals surface area contributed by atoms with Crippen molar-refractivity contribution >= 4 is 23.2 Å². The van der Waals surface area contributed by atoms with Crippen molar-refractivity contribution in [1.29, 1.82) is 0 Å². The zero-order valence-electron chi connectivity index (χ0n) is 11.3. The quantitative estimate of drug-likeness (QED) is 0.835. The van der Waals surface area contributed by atoms with Crippen LogP contribution in [0.3, 0.4) is 0 Å². The first-order valence-corrected chi connectivity index (χ1v) is 6.73. The smallest absolute Gasteiger partial charge is 0.257 e. The Morgan fingerprint density at radius 2 is 2.16 bits per heavy atom. The van der Waals surface area contributed by atoms with Crippen LogP contribution in [0.1, 0.15) is 23.2 Å². The van der Waals surface area contributed by atoms with E-state index in [0.29, 0.717) is 11.3 Å². The molecule has 1 amide bonds. The van der Waals surface area contributed by atoms with Crippen molar-refractivity contribution in [2.45, 2.75) is 18.9 Å². The van der Waals surface area contributed by atoms with Gasteiger partial charge in [0.15, 0.2) is 0 Å². The third kappa shape index (κ3) is 3.16. The molecule has 0 atom stereocenters. The Kier molecular flexibility index (Phi) is 4.27. The Morgan fingerprint density at radius 1 is 1.53 bits per heavy atom. The summed E-state index contributed by atoms with van der Waals surface area (Å²) in [4.78, 5) is 20.4. The molecule has 1 saturated heterocycles. The molecule has 1 aliphatic rings. The van der Waals surface area contributed by atoms with Gasteiger partial charge in [0, 0.05) is 13.1 Å². The lowest BCUT2D eigenvalue weighted by molar-refractivity contribution is 0.0659. The molecule has 2 N–H and O–H groups in total. The van der Waals surface area contributed by atoms with Gasteiger partial charge in [-0.2, -0.15) is 0 Å². The zero-order chi connectivity index (χ0) is 14.0. The van der Waals surface area contributed by atoms with Gasteiger partial charge in [0.05, 0.1) is 17.4 Å². The average molecular weight is 283 g/mol. The summed E-state index contributed by atoms with van der Waals surface area (Å²) in [5.74, 6) is -0.112. The Hall–Kier alpha value is -1.33. The predicted molar refractivity (Wildman–Crippen MR) is 76.3 cm³/mol. The summed E-state index contributed by atoms with van der Waals surface area (Å²) >= 11 is 5.97. The van der Waals surface area contributed by atoms with Gasteiger partial charge >= 0.3 is 0 Å². The number of pyridine rings is 1. The van der Waals surface area contributed by atoms with Gasteiger partial charge in [-0.25, -0.2) is 4.98 Å². The predicted octanol–water partition coefficient (Wildman–Crippen LogP) is 1.48. The Morgan fingerprint density at radius 3 is 2.79 bits per heavy atom. The third-order valence-electron chi connectivity index (χ3n) is 3.65. The summed E-state index contributed by atoms with van der Waals surface area (Å²) in [5.41, 5.74) is 6.49. The maximum absolute atomic E-state index is 12.4. The number of carbonyl (C=O) groups is 1. The maximum Gasteiger partial charge on any atom is 0.257 e. The lowest BCUT2D eigenvalue weighted by atomic mass is 10.0. The highest BCUT2D eigenvalue weighted by Gasteiger charge is 2.26. The molecule has 19 heavy (non-hydrogen) atoms. The second kappa shape index (κ2) is 5.75. The number of nitrogens with zero attached hydrogens (tertiary/aromatic N) is 3. The number of aromatic nitrogens is 1. The first kappa shape index (κ1) is 14.1. The van der Waals surface area contributed by atoms with E-state index in [4.69, 9.17) is 17.3 Å². The number of amides is 1. The van der Waals surface area contributed by atoms with Gasteiger partial charge < -0.3 is 15.5 Å². The van der Waals surface area contributed by atoms with Crippen LogP contribution >= 0.6 is 11.6 Å². The third-order valence-corrected chi connectivity index (χ3v) is 3.95. The van der Waals surface area contributed by atoms with Crippen molar-refractivity contribution in [2.75, 3.05) is 32.9 Å². The molecule has 0 bridgehead atoms. The topological polar surface area (TPSA) is 62.5 Å². The van der Waals surface area contributed by atoms with Gasteiger partial charge in [0.1, 0.15) is 5.15 Å². The van der Waals surface area contributed by atoms with E-state index >= 15 is 0 Å². The van der Waals surface area contributed by atoms with E-state index in [1.165, 1.54) is 6.20 Å². The summed E-state index contributed by atoms with van der Waals surface area (Å²) < 4.78 is 0. The molecule has 0 radical (unpaired) electrons. The van der Waals surface area contributed by atoms with Crippen LogP contribution in [0.15, 0.2) is 12.3 Å². The lowest BCUT2D eigenvalue weighted by Gasteiger charge is -2.35. The van der Waals surface area contributed by atoms with Gasteiger partial charge in [-0.3, -0.25) is 4.79 Å². The van der Waals surface area contributed by atoms with Crippen molar-refractivity contribution < 1.29 is 4.79 Å². The lowest BCUT2D eigenvalue weighted by Crippen LogP contribution is -2.44. The van der Waals surface area contributed by atoms with E-state index in [1.54, 1.807) is 11.0 Å². The van der Waals surface area contributed by atoms with Crippen LogP contribution < -0.4 is 5.73 Å². The number of rotatable bonds is 2. The average Bonchev–Trinajstić information content (AvgIpc) is 2.41. The Balaban J connectivity index is 2.12. The number of hydrogen-bond acceptors (Lipinski definition) is 4. The van der Waals surface area contributed by atoms with Crippen molar-refractivity contribution in [3.8, 4) is 0 Å². The van der Waals surface area contributed by atoms with Crippen LogP contribution in [0, 0.1) is 0 Å². The second-order valence-electron chi connectivity index (χ2n) is 5.06. The molecule has 5 nitrogen and oxygen atoms in total. The second-order valence-corrected chi connectivity index (χ2v) is 5.42. The number of carbonyl (C=O) groups excluding carboxylic acids is 1. The van der Waals surface area contributed by atoms with Crippen LogP contribution in [-0.4, -0.2) is 53.9 Å². The SMILES string of the molecule is CN1CCC(N(C)C(=O)c2cc(N)cnc2Cl)CC1. The number of nitrogen functional groups attached to an aromatic ring is 1. The molecule has 6 heteroatoms. The highest BCUT2D eigenvalue weighted by Crippen LogP contribution is 2.21. The minimum Gasteiger partial charge on any atom is -0.397 e. The van der Waals surface area contributed by atoms with E-state index in [9.17, 15) is 4.79 Å². The standard InChI is InChI=1S/C13H19ClN4O/c1-17-5-3-10(4-6-17)18(2)13(19)11-7-9(15)8-16-12(11)14/h7-8,10H,3-6,15H2,1-2H3. The van der Waals surface area contributed by atoms with E-state index < -0.39 is 0 Å². The molecule has 0 saturated carbocycles. The fourth-order valence-electron chi connectivity index (χ4n) is 2.35. The highest BCUT2D eigenvalue weighted by atomic mass is 35.5. The van der Waals surface area contributed by atoms with Crippen molar-refractivity contribution in [2.24, 2.45) is 0 Å². The molecule has 104 valence electrons. The monoisotopic (exact) mass is 282 g/mol. The molecule has 2 rings (SSSR count). The van der Waals surface area contributed by atoms with Crippen molar-refractivity contribution in [1.82, 2.24) is 14.8 Å². The van der Waals surface area contributed by atoms with Gasteiger partial charge in [-0.1, -0.05) is 11.6 Å². The highest BCUT2D eigenvalue weighted by molar-refractivity contribution is 6.32. The maximum atomic E-state index is 12.4. The first-order chi connectivity index (χ1) is 8.99. The number of nitrogens with two attached hydrogens (primary N) is 1. The van der Waals surface area contributed by atoms with E-state index in [-0.39, 0.29) is 17.1 Å². The summed E-state index contributed by atoms with van der Waals surface area (Å²) in [6, 6.07) is 1.84. The fourth-order valence-corrected chi connectivity index (χ4v) is 2.54. The summed E-state index contributed by atoms with van der Waals surface area (Å²) in [7, 11) is 3.91. The first-order valence-electron chi connectivity index (χ1n) is 6.35. The molecule has 0 spiro atoms. The Bertz CT molecular complexity index is 472. The largest absolute Gasteiger partial charge is 0.397 e. The minimum absolute atomic E-state index is 0.112. The number of anilines is 1. The van der Waals surface area contributed by atoms with Gasteiger partial charge in [-0.05, 0) is 39.0 Å². The summed E-state index contributed by atoms with van der Waals surface area (Å²) in [5, 5.41) is 0.207. The number of likely N-dealkylation sites (tertiary alicyclic amines) is 1. The van der Waals surface area contributed by atoms with Crippen LogP contribution in [0.2, 0.25) is 5.15 Å². The molecular formula is C13H19ClN4O. The molecule has 1 fully saturated rings. The van der Waals surface area contributed by atoms with Crippen LogP contribution in [0.4, 0.5) is 5.69 Å². The zero-order valence-corrected chi connectivity index (χ0v) is 12.0. The van der Waals surface area contributed by atoms with E-state index in [1.807, 2.05) is 7.05 Å². The molecule has 2 heterocycles. The number of halogens is 1. The Labute approximate surface area is 118 Å². The minimum atomic E-state index is -0.112. The molecule has 0 aliphatic carbocycles. The number of piperidine rings is 1. The molecular weight excluding hydrogens is 264 g/mol. The molecule has 1 aromatic heterocycles. The van der Waals surface area contributed by atoms with Crippen LogP contribution in [0.5, 0.6) is 0 Å². The molecule has 0 unspecified atom stereocenters. The normalized spacial score (nSPS) is 17.4. The summed E-state index contributed by atoms with van der Waals surface area (Å²) in [6.45, 7) is 2.01. The van der Waals surface area contributed by atoms with Crippen LogP contribution in [0.25, 0.3) is 0 Å². The van der Waals surface area contributed by atoms with Crippen molar-refractivity contribution in [3.05, 3.63) is 23.0 Å². The van der Waals surface area contributed by atoms with Gasteiger partial charge in [-0.15, -0.1) is 0 Å². The fraction of sp³-hybridized carbons (Fsp3) is 0.538. The van der Waals surface area contributed by atoms with Gasteiger partial charge in [0.2, 0.25) is 0 Å². The summed E-state index contributed by atoms with van der Waals surface area (Å²) in [6.07, 6.45) is 3.41. The molecule has 1 aliphatic heterocycles. The molecule has 1 aromatic rings. The van der Waals surface area contributed by atoms with Crippen LogP contribution in [-0.2, 0) is 0 Å². The molecule has 0 aromatic carbocycles.